The first-order chi connectivity index (χ1) is 22.6. The summed E-state index contributed by atoms with van der Waals surface area (Å²) in [7, 11) is 6.52. The van der Waals surface area contributed by atoms with E-state index in [4.69, 9.17) is 15.2 Å². The van der Waals surface area contributed by atoms with Crippen LogP contribution in [0.2, 0.25) is 0 Å². The SMILES string of the molecule is CC(=O)OCCOC(=O)N(Cc1cc(N(C)C)c2c(c1O)C(=O)C1C(=O)[C@@]3(O)C(=O)C(C(N)=O)C(=O)[C@H](N(C)C)[C@H]3C[C@H]1C2)CC(C)(C)C. The number of amides is 2. The Morgan fingerprint density at radius 2 is 1.63 bits per heavy atom. The lowest BCUT2D eigenvalue weighted by Crippen LogP contribution is -2.74. The second-order valence-electron chi connectivity index (χ2n) is 14.8. The van der Waals surface area contributed by atoms with Crippen LogP contribution in [0, 0.1) is 29.1 Å². The van der Waals surface area contributed by atoms with Crippen molar-refractivity contribution in [2.24, 2.45) is 34.8 Å². The zero-order chi connectivity index (χ0) is 36.9. The van der Waals surface area contributed by atoms with Crippen molar-refractivity contribution in [2.45, 2.75) is 58.7 Å². The number of esters is 1. The molecule has 268 valence electrons. The second-order valence-corrected chi connectivity index (χ2v) is 14.8. The number of carbonyl (C=O) groups is 7. The number of phenolic OH excluding ortho intramolecular Hbond substituents is 1. The Hall–Kier alpha value is -4.37. The minimum Gasteiger partial charge on any atom is -0.507 e. The van der Waals surface area contributed by atoms with Crippen molar-refractivity contribution < 1.29 is 53.2 Å². The van der Waals surface area contributed by atoms with Crippen LogP contribution >= 0.6 is 0 Å². The number of ether oxygens (including phenoxy) is 2. The molecule has 6 atom stereocenters. The summed E-state index contributed by atoms with van der Waals surface area (Å²) in [5, 5.41) is 23.5. The highest BCUT2D eigenvalue weighted by molar-refractivity contribution is 6.32. The number of fused-ring (bicyclic) bond motifs is 3. The van der Waals surface area contributed by atoms with Gasteiger partial charge in [-0.05, 0) is 49.9 Å². The number of hydrogen-bond acceptors (Lipinski definition) is 13. The topological polar surface area (TPSA) is 214 Å². The quantitative estimate of drug-likeness (QED) is 0.183. The van der Waals surface area contributed by atoms with E-state index in [0.29, 0.717) is 11.3 Å². The minimum atomic E-state index is -2.84. The van der Waals surface area contributed by atoms with Crippen molar-refractivity contribution in [3.8, 4) is 5.75 Å². The molecule has 2 fully saturated rings. The van der Waals surface area contributed by atoms with E-state index in [1.54, 1.807) is 25.1 Å². The van der Waals surface area contributed by atoms with E-state index < -0.39 is 87.6 Å². The first-order valence-electron chi connectivity index (χ1n) is 16.1. The molecule has 1 aromatic rings. The molecule has 0 aliphatic heterocycles. The summed E-state index contributed by atoms with van der Waals surface area (Å²) >= 11 is 0. The number of carbonyl (C=O) groups excluding carboxylic acids is 7. The van der Waals surface area contributed by atoms with Crippen molar-refractivity contribution in [2.75, 3.05) is 52.8 Å². The number of hydrogen-bond donors (Lipinski definition) is 3. The smallest absolute Gasteiger partial charge is 0.410 e. The van der Waals surface area contributed by atoms with Gasteiger partial charge in [0.05, 0.1) is 24.1 Å². The van der Waals surface area contributed by atoms with Crippen molar-refractivity contribution in [3.63, 3.8) is 0 Å². The molecule has 0 heterocycles. The van der Waals surface area contributed by atoms with Gasteiger partial charge in [0.25, 0.3) is 0 Å². The highest BCUT2D eigenvalue weighted by Gasteiger charge is 2.69. The lowest BCUT2D eigenvalue weighted by Gasteiger charge is -2.52. The number of benzene rings is 1. The number of phenols is 1. The summed E-state index contributed by atoms with van der Waals surface area (Å²) < 4.78 is 10.2. The highest BCUT2D eigenvalue weighted by atomic mass is 16.6. The third kappa shape index (κ3) is 6.78. The number of ketones is 4. The standard InChI is InChI=1S/C34H46N4O11/c1-16(39)48-9-10-49-32(46)38(15-33(2,3)4)14-18-13-21(36(5)6)19-11-17-12-20-25(37(7)8)28(42)24(31(35)45)30(44)34(20,47)29(43)22(17)27(41)23(19)26(18)40/h13,17,20,22,24-25,40,47H,9-12,14-15H2,1-8H3,(H2,35,45)/t17-,20-,22?,24?,25-,34-/m1/s1. The molecule has 3 aliphatic rings. The van der Waals surface area contributed by atoms with E-state index >= 15 is 0 Å². The van der Waals surface area contributed by atoms with Crippen LogP contribution in [0.5, 0.6) is 5.75 Å². The fraction of sp³-hybridized carbons (Fsp3) is 0.618. The van der Waals surface area contributed by atoms with Gasteiger partial charge in [0.15, 0.2) is 34.7 Å². The molecule has 3 aliphatic carbocycles. The van der Waals surface area contributed by atoms with Gasteiger partial charge >= 0.3 is 12.1 Å². The maximum Gasteiger partial charge on any atom is 0.410 e. The number of rotatable bonds is 9. The summed E-state index contributed by atoms with van der Waals surface area (Å²) in [5.74, 6) is -12.0. The van der Waals surface area contributed by atoms with Gasteiger partial charge in [0, 0.05) is 44.7 Å². The maximum absolute atomic E-state index is 14.4. The first-order valence-corrected chi connectivity index (χ1v) is 16.1. The van der Waals surface area contributed by atoms with Gasteiger partial charge in [-0.3, -0.25) is 33.7 Å². The molecule has 0 spiro atoms. The normalized spacial score (nSPS) is 26.4. The first kappa shape index (κ1) is 37.4. The average Bonchev–Trinajstić information content (AvgIpc) is 2.96. The summed E-state index contributed by atoms with van der Waals surface area (Å²) in [6.07, 6.45) is -0.730. The summed E-state index contributed by atoms with van der Waals surface area (Å²) in [6, 6.07) is 0.450. The molecule has 15 nitrogen and oxygen atoms in total. The Balaban J connectivity index is 1.79. The summed E-state index contributed by atoms with van der Waals surface area (Å²) in [5.41, 5.74) is 3.12. The molecule has 4 N–H and O–H groups in total. The van der Waals surface area contributed by atoms with Crippen LogP contribution in [0.1, 0.15) is 55.6 Å². The Kier molecular flexibility index (Phi) is 10.3. The molecular weight excluding hydrogens is 640 g/mol. The monoisotopic (exact) mass is 686 g/mol. The molecule has 2 amide bonds. The van der Waals surface area contributed by atoms with Gasteiger partial charge in [-0.15, -0.1) is 0 Å². The van der Waals surface area contributed by atoms with E-state index in [9.17, 15) is 43.8 Å². The fourth-order valence-corrected chi connectivity index (χ4v) is 7.59. The number of primary amides is 1. The van der Waals surface area contributed by atoms with Crippen LogP contribution in [-0.4, -0.2) is 121 Å². The molecule has 49 heavy (non-hydrogen) atoms. The summed E-state index contributed by atoms with van der Waals surface area (Å²) in [6.45, 7) is 6.53. The second kappa shape index (κ2) is 13.5. The van der Waals surface area contributed by atoms with Gasteiger partial charge in [-0.25, -0.2) is 4.79 Å². The molecule has 4 rings (SSSR count). The predicted octanol–water partition coefficient (Wildman–Crippen LogP) is 0.481. The molecule has 0 aromatic heterocycles. The Labute approximate surface area is 284 Å². The molecule has 0 radical (unpaired) electrons. The fourth-order valence-electron chi connectivity index (χ4n) is 7.59. The van der Waals surface area contributed by atoms with Crippen molar-refractivity contribution in [1.82, 2.24) is 9.80 Å². The Morgan fingerprint density at radius 1 is 1.02 bits per heavy atom. The predicted molar refractivity (Wildman–Crippen MR) is 174 cm³/mol. The zero-order valence-corrected chi connectivity index (χ0v) is 29.2. The van der Waals surface area contributed by atoms with Crippen LogP contribution in [0.3, 0.4) is 0 Å². The van der Waals surface area contributed by atoms with Gasteiger partial charge in [-0.1, -0.05) is 20.8 Å². The van der Waals surface area contributed by atoms with Crippen LogP contribution in [0.25, 0.3) is 0 Å². The number of aliphatic hydroxyl groups is 1. The number of Topliss-reactive ketones (excluding diaryl/α,β-unsaturated/α-hetero) is 4. The van der Waals surface area contributed by atoms with Gasteiger partial charge in [-0.2, -0.15) is 0 Å². The van der Waals surface area contributed by atoms with Crippen LogP contribution < -0.4 is 10.6 Å². The van der Waals surface area contributed by atoms with E-state index in [2.05, 4.69) is 0 Å². The number of aromatic hydroxyl groups is 1. The molecule has 15 heteroatoms. The van der Waals surface area contributed by atoms with Crippen LogP contribution in [0.15, 0.2) is 6.07 Å². The molecule has 0 bridgehead atoms. The lowest BCUT2D eigenvalue weighted by molar-refractivity contribution is -0.181. The maximum atomic E-state index is 14.4. The van der Waals surface area contributed by atoms with Gasteiger partial charge < -0.3 is 35.2 Å². The van der Waals surface area contributed by atoms with Crippen molar-refractivity contribution >= 4 is 46.8 Å². The number of anilines is 1. The zero-order valence-electron chi connectivity index (χ0n) is 29.2. The van der Waals surface area contributed by atoms with E-state index in [1.807, 2.05) is 20.8 Å². The van der Waals surface area contributed by atoms with Crippen LogP contribution in [0.4, 0.5) is 10.5 Å². The number of nitrogens with zero attached hydrogens (tertiary/aromatic N) is 3. The molecule has 1 aromatic carbocycles. The Morgan fingerprint density at radius 3 is 2.16 bits per heavy atom. The Bertz CT molecular complexity index is 1600. The lowest BCUT2D eigenvalue weighted by atomic mass is 9.52. The number of likely N-dealkylation sites (N-methyl/N-ethyl adjacent to an activating group) is 1. The van der Waals surface area contributed by atoms with Crippen molar-refractivity contribution in [1.29, 1.82) is 0 Å². The highest BCUT2D eigenvalue weighted by Crippen LogP contribution is 2.52. The molecule has 2 saturated carbocycles. The van der Waals surface area contributed by atoms with E-state index in [1.165, 1.54) is 30.8 Å². The van der Waals surface area contributed by atoms with Gasteiger partial charge in [0.2, 0.25) is 5.91 Å². The molecule has 2 unspecified atom stereocenters. The minimum absolute atomic E-state index is 0.0716. The average molecular weight is 687 g/mol. The summed E-state index contributed by atoms with van der Waals surface area (Å²) in [4.78, 5) is 96.6. The van der Waals surface area contributed by atoms with E-state index in [-0.39, 0.29) is 50.3 Å². The largest absolute Gasteiger partial charge is 0.507 e. The third-order valence-corrected chi connectivity index (χ3v) is 9.50. The number of nitrogens with two attached hydrogens (primary N) is 1. The molecule has 0 saturated heterocycles. The van der Waals surface area contributed by atoms with Crippen LogP contribution in [-0.2, 0) is 46.4 Å². The molecular formula is C34H46N4O11. The third-order valence-electron chi connectivity index (χ3n) is 9.50. The van der Waals surface area contributed by atoms with E-state index in [0.717, 1.165) is 0 Å². The van der Waals surface area contributed by atoms with Gasteiger partial charge in [0.1, 0.15) is 19.0 Å². The van der Waals surface area contributed by atoms with Crippen molar-refractivity contribution in [3.05, 3.63) is 22.8 Å².